The summed E-state index contributed by atoms with van der Waals surface area (Å²) < 4.78 is 5.58. The molecule has 1 aromatic carbocycles. The van der Waals surface area contributed by atoms with Crippen LogP contribution in [-0.4, -0.2) is 30.3 Å². The Hall–Kier alpha value is -1.85. The number of hydrogen-bond donors (Lipinski definition) is 2. The SMILES string of the molecule is CC(C)Oc1ccc(C(=O)NCC[C@H](CCO)c2cccs2)cc1. The number of rotatable bonds is 9. The number of aliphatic hydroxyl groups excluding tert-OH is 1. The van der Waals surface area contributed by atoms with E-state index in [2.05, 4.69) is 11.4 Å². The third-order valence-electron chi connectivity index (χ3n) is 3.69. The van der Waals surface area contributed by atoms with Crippen molar-refractivity contribution in [3.8, 4) is 5.75 Å². The van der Waals surface area contributed by atoms with Gasteiger partial charge in [0, 0.05) is 23.6 Å². The summed E-state index contributed by atoms with van der Waals surface area (Å²) in [5, 5.41) is 14.2. The van der Waals surface area contributed by atoms with Crippen LogP contribution in [0.5, 0.6) is 5.75 Å². The van der Waals surface area contributed by atoms with Crippen molar-refractivity contribution >= 4 is 17.2 Å². The first kappa shape index (κ1) is 18.5. The molecule has 5 heteroatoms. The minimum Gasteiger partial charge on any atom is -0.491 e. The topological polar surface area (TPSA) is 58.6 Å². The van der Waals surface area contributed by atoms with Crippen molar-refractivity contribution in [2.24, 2.45) is 0 Å². The fraction of sp³-hybridized carbons (Fsp3) is 0.421. The summed E-state index contributed by atoms with van der Waals surface area (Å²) in [6.45, 7) is 4.69. The summed E-state index contributed by atoms with van der Waals surface area (Å²) in [5.74, 6) is 0.972. The minimum atomic E-state index is -0.0833. The van der Waals surface area contributed by atoms with Crippen LogP contribution < -0.4 is 10.1 Å². The molecule has 0 bridgehead atoms. The third kappa shape index (κ3) is 5.65. The molecule has 0 saturated heterocycles. The molecule has 0 spiro atoms. The lowest BCUT2D eigenvalue weighted by molar-refractivity contribution is 0.0952. The second-order valence-corrected chi connectivity index (χ2v) is 6.94. The zero-order valence-corrected chi connectivity index (χ0v) is 15.0. The van der Waals surface area contributed by atoms with Gasteiger partial charge >= 0.3 is 0 Å². The highest BCUT2D eigenvalue weighted by Gasteiger charge is 2.13. The van der Waals surface area contributed by atoms with Crippen LogP contribution >= 0.6 is 11.3 Å². The Bertz CT molecular complexity index is 608. The number of amides is 1. The van der Waals surface area contributed by atoms with E-state index < -0.39 is 0 Å². The van der Waals surface area contributed by atoms with Gasteiger partial charge in [-0.3, -0.25) is 4.79 Å². The maximum absolute atomic E-state index is 12.2. The molecule has 0 aliphatic heterocycles. The molecule has 0 radical (unpaired) electrons. The van der Waals surface area contributed by atoms with Gasteiger partial charge in [-0.2, -0.15) is 0 Å². The molecular formula is C19H25NO3S. The first-order valence-corrected chi connectivity index (χ1v) is 9.17. The number of ether oxygens (including phenoxy) is 1. The van der Waals surface area contributed by atoms with Gasteiger partial charge in [0.05, 0.1) is 6.10 Å². The molecule has 24 heavy (non-hydrogen) atoms. The number of nitrogens with one attached hydrogen (secondary N) is 1. The summed E-state index contributed by atoms with van der Waals surface area (Å²) in [7, 11) is 0. The van der Waals surface area contributed by atoms with Crippen LogP contribution in [0.1, 0.15) is 47.8 Å². The van der Waals surface area contributed by atoms with Crippen molar-refractivity contribution in [3.63, 3.8) is 0 Å². The second-order valence-electron chi connectivity index (χ2n) is 5.96. The van der Waals surface area contributed by atoms with Gasteiger partial charge in [-0.1, -0.05) is 6.07 Å². The Morgan fingerprint density at radius 2 is 1.96 bits per heavy atom. The predicted molar refractivity (Wildman–Crippen MR) is 97.9 cm³/mol. The molecule has 0 fully saturated rings. The number of benzene rings is 1. The minimum absolute atomic E-state index is 0.0833. The van der Waals surface area contributed by atoms with E-state index in [0.29, 0.717) is 12.1 Å². The molecule has 1 heterocycles. The Labute approximate surface area is 147 Å². The highest BCUT2D eigenvalue weighted by atomic mass is 32.1. The maximum atomic E-state index is 12.2. The zero-order chi connectivity index (χ0) is 17.4. The van der Waals surface area contributed by atoms with Crippen molar-refractivity contribution < 1.29 is 14.6 Å². The van der Waals surface area contributed by atoms with Crippen LogP contribution in [0.3, 0.4) is 0 Å². The Morgan fingerprint density at radius 1 is 1.21 bits per heavy atom. The molecule has 2 N–H and O–H groups in total. The predicted octanol–water partition coefficient (Wildman–Crippen LogP) is 3.82. The smallest absolute Gasteiger partial charge is 0.251 e. The van der Waals surface area contributed by atoms with E-state index in [-0.39, 0.29) is 24.5 Å². The highest BCUT2D eigenvalue weighted by Crippen LogP contribution is 2.26. The number of thiophene rings is 1. The molecule has 1 aromatic heterocycles. The van der Waals surface area contributed by atoms with Crippen LogP contribution in [0.2, 0.25) is 0 Å². The van der Waals surface area contributed by atoms with Crippen molar-refractivity contribution in [1.29, 1.82) is 0 Å². The van der Waals surface area contributed by atoms with Crippen LogP contribution in [-0.2, 0) is 0 Å². The van der Waals surface area contributed by atoms with Crippen LogP contribution in [0.25, 0.3) is 0 Å². The van der Waals surface area contributed by atoms with Gasteiger partial charge < -0.3 is 15.2 Å². The van der Waals surface area contributed by atoms with Gasteiger partial charge in [-0.05, 0) is 68.3 Å². The molecule has 1 amide bonds. The van der Waals surface area contributed by atoms with Gasteiger partial charge in [-0.15, -0.1) is 11.3 Å². The van der Waals surface area contributed by atoms with E-state index in [1.807, 2.05) is 37.4 Å². The normalized spacial score (nSPS) is 12.2. The number of aliphatic hydroxyl groups is 1. The molecule has 0 aliphatic carbocycles. The molecule has 0 unspecified atom stereocenters. The molecule has 1 atom stereocenters. The summed E-state index contributed by atoms with van der Waals surface area (Å²) in [6.07, 6.45) is 1.66. The van der Waals surface area contributed by atoms with E-state index in [9.17, 15) is 9.90 Å². The lowest BCUT2D eigenvalue weighted by Crippen LogP contribution is -2.25. The quantitative estimate of drug-likeness (QED) is 0.725. The zero-order valence-electron chi connectivity index (χ0n) is 14.2. The van der Waals surface area contributed by atoms with E-state index in [1.165, 1.54) is 4.88 Å². The van der Waals surface area contributed by atoms with Gasteiger partial charge in [0.15, 0.2) is 0 Å². The van der Waals surface area contributed by atoms with E-state index in [4.69, 9.17) is 4.74 Å². The fourth-order valence-electron chi connectivity index (χ4n) is 2.53. The Morgan fingerprint density at radius 3 is 2.54 bits per heavy atom. The van der Waals surface area contributed by atoms with Gasteiger partial charge in [-0.25, -0.2) is 0 Å². The average molecular weight is 347 g/mol. The molecular weight excluding hydrogens is 322 g/mol. The van der Waals surface area contributed by atoms with E-state index >= 15 is 0 Å². The summed E-state index contributed by atoms with van der Waals surface area (Å²) >= 11 is 1.69. The third-order valence-corrected chi connectivity index (χ3v) is 4.72. The lowest BCUT2D eigenvalue weighted by atomic mass is 10.00. The average Bonchev–Trinajstić information content (AvgIpc) is 3.08. The summed E-state index contributed by atoms with van der Waals surface area (Å²) in [5.41, 5.74) is 0.626. The summed E-state index contributed by atoms with van der Waals surface area (Å²) in [6, 6.07) is 11.3. The molecule has 130 valence electrons. The van der Waals surface area contributed by atoms with Crippen LogP contribution in [0, 0.1) is 0 Å². The van der Waals surface area contributed by atoms with E-state index in [1.54, 1.807) is 23.5 Å². The van der Waals surface area contributed by atoms with Crippen LogP contribution in [0.15, 0.2) is 41.8 Å². The highest BCUT2D eigenvalue weighted by molar-refractivity contribution is 7.10. The van der Waals surface area contributed by atoms with Crippen LogP contribution in [0.4, 0.5) is 0 Å². The van der Waals surface area contributed by atoms with Gasteiger partial charge in [0.1, 0.15) is 5.75 Å². The lowest BCUT2D eigenvalue weighted by Gasteiger charge is -2.15. The van der Waals surface area contributed by atoms with Crippen molar-refractivity contribution in [1.82, 2.24) is 5.32 Å². The maximum Gasteiger partial charge on any atom is 0.251 e. The summed E-state index contributed by atoms with van der Waals surface area (Å²) in [4.78, 5) is 13.5. The standard InChI is InChI=1S/C19H25NO3S/c1-14(2)23-17-7-5-16(6-8-17)19(22)20-11-9-15(10-12-21)18-4-3-13-24-18/h3-8,13-15,21H,9-12H2,1-2H3,(H,20,22)/t15-/m1/s1. The number of carbonyl (C=O) groups is 1. The first-order chi connectivity index (χ1) is 11.6. The van der Waals surface area contributed by atoms with Crippen molar-refractivity contribution in [2.75, 3.05) is 13.2 Å². The molecule has 2 rings (SSSR count). The van der Waals surface area contributed by atoms with E-state index in [0.717, 1.165) is 18.6 Å². The molecule has 2 aromatic rings. The van der Waals surface area contributed by atoms with Gasteiger partial charge in [0.2, 0.25) is 0 Å². The number of hydrogen-bond acceptors (Lipinski definition) is 4. The molecule has 0 saturated carbocycles. The largest absolute Gasteiger partial charge is 0.491 e. The second kappa shape index (κ2) is 9.45. The van der Waals surface area contributed by atoms with Crippen molar-refractivity contribution in [3.05, 3.63) is 52.2 Å². The fourth-order valence-corrected chi connectivity index (χ4v) is 3.43. The van der Waals surface area contributed by atoms with Crippen molar-refractivity contribution in [2.45, 2.75) is 38.7 Å². The Balaban J connectivity index is 1.83. The van der Waals surface area contributed by atoms with Gasteiger partial charge in [0.25, 0.3) is 5.91 Å². The Kier molecular flexibility index (Phi) is 7.28. The monoisotopic (exact) mass is 347 g/mol. The number of carbonyl (C=O) groups excluding carboxylic acids is 1. The molecule has 4 nitrogen and oxygen atoms in total. The molecule has 0 aliphatic rings. The first-order valence-electron chi connectivity index (χ1n) is 8.29.